The highest BCUT2D eigenvalue weighted by Gasteiger charge is 2.35. The van der Waals surface area contributed by atoms with E-state index in [9.17, 15) is 13.2 Å². The van der Waals surface area contributed by atoms with Gasteiger partial charge in [-0.3, -0.25) is 0 Å². The van der Waals surface area contributed by atoms with Crippen LogP contribution in [0.5, 0.6) is 0 Å². The molecule has 0 heterocycles. The van der Waals surface area contributed by atoms with Crippen molar-refractivity contribution in [1.82, 2.24) is 0 Å². The first-order chi connectivity index (χ1) is 8.84. The first-order valence-corrected chi connectivity index (χ1v) is 8.27. The van der Waals surface area contributed by atoms with Gasteiger partial charge in [-0.15, -0.1) is 23.2 Å². The minimum Gasteiger partial charge on any atom is -0.160 e. The molecule has 0 aromatic heterocycles. The van der Waals surface area contributed by atoms with Gasteiger partial charge in [0.1, 0.15) is 0 Å². The van der Waals surface area contributed by atoms with Crippen molar-refractivity contribution in [2.24, 2.45) is 0 Å². The molecule has 0 amide bonds. The zero-order valence-electron chi connectivity index (χ0n) is 9.81. The Morgan fingerprint density at radius 1 is 1.11 bits per heavy atom. The van der Waals surface area contributed by atoms with E-state index in [1.165, 1.54) is 0 Å². The molecular weight excluding hydrogens is 384 g/mol. The fourth-order valence-electron chi connectivity index (χ4n) is 1.70. The number of hydrogen-bond acceptors (Lipinski definition) is 1. The second-order valence-corrected chi connectivity index (χ2v) is 6.62. The van der Waals surface area contributed by atoms with Crippen LogP contribution < -0.4 is 0 Å². The molecule has 0 aliphatic rings. The van der Waals surface area contributed by atoms with Gasteiger partial charge in [0.05, 0.1) is 0 Å². The Balaban J connectivity index is 2.89. The van der Waals surface area contributed by atoms with Gasteiger partial charge in [0.15, 0.2) is 0 Å². The smallest absolute Gasteiger partial charge is 0.160 e. The summed E-state index contributed by atoms with van der Waals surface area (Å²) in [5.74, 6) is 0.291. The zero-order chi connectivity index (χ0) is 14.5. The molecule has 0 spiro atoms. The molecule has 7 heteroatoms. The maximum atomic E-state index is 12.2. The predicted octanol–water partition coefficient (Wildman–Crippen LogP) is 5.81. The summed E-state index contributed by atoms with van der Waals surface area (Å²) in [5.41, 5.74) is -4.03. The highest BCUT2D eigenvalue weighted by molar-refractivity contribution is 9.10. The molecule has 0 aliphatic heterocycles. The molecule has 0 fully saturated rings. The lowest BCUT2D eigenvalue weighted by Crippen LogP contribution is -2.32. The Morgan fingerprint density at radius 2 is 1.68 bits per heavy atom. The summed E-state index contributed by atoms with van der Waals surface area (Å²) < 4.78 is 37.4. The summed E-state index contributed by atoms with van der Waals surface area (Å²) in [6, 6.07) is 7.34. The van der Waals surface area contributed by atoms with Crippen LogP contribution in [0.2, 0.25) is 0 Å². The van der Waals surface area contributed by atoms with Gasteiger partial charge in [0, 0.05) is 27.4 Å². The average Bonchev–Trinajstić information content (AvgIpc) is 2.35. The molecular formula is C12H12BrCl2F3S. The van der Waals surface area contributed by atoms with Crippen molar-refractivity contribution in [3.8, 4) is 0 Å². The van der Waals surface area contributed by atoms with Crippen LogP contribution in [0, 0.1) is 0 Å². The molecule has 0 bridgehead atoms. The zero-order valence-corrected chi connectivity index (χ0v) is 13.7. The van der Waals surface area contributed by atoms with Gasteiger partial charge in [0.25, 0.3) is 0 Å². The van der Waals surface area contributed by atoms with Crippen molar-refractivity contribution in [2.45, 2.75) is 17.3 Å². The Morgan fingerprint density at radius 3 is 2.16 bits per heavy atom. The Labute approximate surface area is 133 Å². The normalized spacial score (nSPS) is 12.7. The van der Waals surface area contributed by atoms with Crippen LogP contribution in [0.25, 0.3) is 0 Å². The second kappa shape index (κ2) is 7.43. The third-order valence-electron chi connectivity index (χ3n) is 2.80. The van der Waals surface area contributed by atoms with Crippen LogP contribution in [-0.2, 0) is 5.41 Å². The van der Waals surface area contributed by atoms with E-state index in [2.05, 4.69) is 15.9 Å². The van der Waals surface area contributed by atoms with Crippen LogP contribution in [0.15, 0.2) is 28.7 Å². The van der Waals surface area contributed by atoms with Gasteiger partial charge in [0.2, 0.25) is 0 Å². The molecule has 0 atom stereocenters. The standard InChI is InChI=1S/C12H12BrCl2F3S/c13-10-4-2-1-3-9(10)11(7-14,8-15)5-6-19-12(16,17)18/h1-4H,5-8H2. The van der Waals surface area contributed by atoms with E-state index in [0.29, 0.717) is 0 Å². The summed E-state index contributed by atoms with van der Waals surface area (Å²) in [5, 5.41) is 0. The van der Waals surface area contributed by atoms with Crippen LogP contribution in [0.4, 0.5) is 13.2 Å². The lowest BCUT2D eigenvalue weighted by molar-refractivity contribution is -0.0328. The first-order valence-electron chi connectivity index (χ1n) is 5.42. The molecule has 1 aromatic rings. The Hall–Kier alpha value is 0.420. The van der Waals surface area contributed by atoms with Crippen molar-refractivity contribution in [2.75, 3.05) is 17.5 Å². The minimum atomic E-state index is -4.22. The molecule has 0 saturated carbocycles. The van der Waals surface area contributed by atoms with Gasteiger partial charge >= 0.3 is 5.51 Å². The lowest BCUT2D eigenvalue weighted by atomic mass is 9.82. The third kappa shape index (κ3) is 5.03. The fourth-order valence-corrected chi connectivity index (χ4v) is 3.97. The van der Waals surface area contributed by atoms with Crippen molar-refractivity contribution in [1.29, 1.82) is 0 Å². The number of alkyl halides is 5. The minimum absolute atomic E-state index is 0.0409. The van der Waals surface area contributed by atoms with Crippen LogP contribution >= 0.6 is 50.9 Å². The van der Waals surface area contributed by atoms with Crippen LogP contribution in [-0.4, -0.2) is 23.0 Å². The molecule has 0 aliphatic carbocycles. The highest BCUT2D eigenvalue weighted by atomic mass is 79.9. The SMILES string of the molecule is FC(F)(F)SCCC(CCl)(CCl)c1ccccc1Br. The number of halogens is 6. The Bertz CT molecular complexity index is 408. The van der Waals surface area contributed by atoms with Crippen molar-refractivity contribution >= 4 is 50.9 Å². The van der Waals surface area contributed by atoms with E-state index in [0.717, 1.165) is 10.0 Å². The number of hydrogen-bond donors (Lipinski definition) is 0. The van der Waals surface area contributed by atoms with Gasteiger partial charge in [-0.05, 0) is 18.1 Å². The lowest BCUT2D eigenvalue weighted by Gasteiger charge is -2.31. The van der Waals surface area contributed by atoms with Crippen LogP contribution in [0.3, 0.4) is 0 Å². The van der Waals surface area contributed by atoms with E-state index < -0.39 is 10.9 Å². The molecule has 108 valence electrons. The maximum absolute atomic E-state index is 12.2. The summed E-state index contributed by atoms with van der Waals surface area (Å²) in [6.07, 6.45) is 0.271. The molecule has 19 heavy (non-hydrogen) atoms. The summed E-state index contributed by atoms with van der Waals surface area (Å²) in [7, 11) is 0. The van der Waals surface area contributed by atoms with E-state index in [4.69, 9.17) is 23.2 Å². The van der Waals surface area contributed by atoms with E-state index >= 15 is 0 Å². The molecule has 1 aromatic carbocycles. The molecule has 0 radical (unpaired) electrons. The Kier molecular flexibility index (Phi) is 6.84. The monoisotopic (exact) mass is 394 g/mol. The highest BCUT2D eigenvalue weighted by Crippen LogP contribution is 2.39. The van der Waals surface area contributed by atoms with Gasteiger partial charge in [-0.25, -0.2) is 0 Å². The fraction of sp³-hybridized carbons (Fsp3) is 0.500. The number of thioether (sulfide) groups is 1. The third-order valence-corrected chi connectivity index (χ3v) is 5.25. The summed E-state index contributed by atoms with van der Waals surface area (Å²) in [6.45, 7) is 0. The van der Waals surface area contributed by atoms with Gasteiger partial charge in [-0.2, -0.15) is 13.2 Å². The second-order valence-electron chi connectivity index (χ2n) is 4.07. The number of benzene rings is 1. The molecule has 1 rings (SSSR count). The van der Waals surface area contributed by atoms with E-state index in [-0.39, 0.29) is 35.7 Å². The van der Waals surface area contributed by atoms with Gasteiger partial charge in [-0.1, -0.05) is 45.9 Å². The quantitative estimate of drug-likeness (QED) is 0.548. The maximum Gasteiger partial charge on any atom is 0.441 e. The predicted molar refractivity (Wildman–Crippen MR) is 80.4 cm³/mol. The average molecular weight is 396 g/mol. The van der Waals surface area contributed by atoms with Crippen molar-refractivity contribution in [3.05, 3.63) is 34.3 Å². The molecule has 0 saturated heterocycles. The van der Waals surface area contributed by atoms with Crippen molar-refractivity contribution in [3.63, 3.8) is 0 Å². The number of rotatable bonds is 6. The first kappa shape index (κ1) is 17.5. The molecule has 0 nitrogen and oxygen atoms in total. The van der Waals surface area contributed by atoms with Gasteiger partial charge < -0.3 is 0 Å². The van der Waals surface area contributed by atoms with E-state index in [1.807, 2.05) is 24.3 Å². The molecule has 0 N–H and O–H groups in total. The summed E-state index contributed by atoms with van der Waals surface area (Å²) in [4.78, 5) is 0. The van der Waals surface area contributed by atoms with E-state index in [1.54, 1.807) is 0 Å². The summed E-state index contributed by atoms with van der Waals surface area (Å²) >= 11 is 15.3. The van der Waals surface area contributed by atoms with Crippen molar-refractivity contribution < 1.29 is 13.2 Å². The molecule has 0 unspecified atom stereocenters. The topological polar surface area (TPSA) is 0 Å². The van der Waals surface area contributed by atoms with Crippen LogP contribution in [0.1, 0.15) is 12.0 Å². The largest absolute Gasteiger partial charge is 0.441 e.